The van der Waals surface area contributed by atoms with E-state index < -0.39 is 15.8 Å². The average molecular weight is 484 g/mol. The summed E-state index contributed by atoms with van der Waals surface area (Å²) in [6.45, 7) is 5.12. The molecule has 0 spiro atoms. The van der Waals surface area contributed by atoms with Gasteiger partial charge in [0, 0.05) is 0 Å². The van der Waals surface area contributed by atoms with E-state index in [1.54, 1.807) is 39.0 Å². The molecule has 9 heteroatoms. The number of nitrogens with zero attached hydrogens (tertiary/aromatic N) is 2. The van der Waals surface area contributed by atoms with Crippen LogP contribution in [-0.4, -0.2) is 26.2 Å². The number of aliphatic imine (C=N–C) groups is 1. The Kier molecular flexibility index (Phi) is 8.36. The van der Waals surface area contributed by atoms with Crippen LogP contribution in [0.5, 0.6) is 5.75 Å². The van der Waals surface area contributed by atoms with Gasteiger partial charge in [0.15, 0.2) is 0 Å². The lowest BCUT2D eigenvalue weighted by atomic mass is 10.1. The Morgan fingerprint density at radius 1 is 1.24 bits per heavy atom. The SMILES string of the molecule is C#C.C#C/C(C)=N\c1nc(C)c(-c2ccc(OC)c(S(=O)(=O)Nc3c(C)cccc3F)c2)s1. The molecule has 6 nitrogen and oxygen atoms in total. The van der Waals surface area contributed by atoms with Crippen molar-refractivity contribution in [2.75, 3.05) is 11.8 Å². The van der Waals surface area contributed by atoms with Crippen LogP contribution in [-0.2, 0) is 10.0 Å². The van der Waals surface area contributed by atoms with Crippen LogP contribution in [0.3, 0.4) is 0 Å². The fourth-order valence-corrected chi connectivity index (χ4v) is 5.17. The molecule has 0 unspecified atom stereocenters. The van der Waals surface area contributed by atoms with Crippen LogP contribution < -0.4 is 9.46 Å². The second-order valence-electron chi connectivity index (χ2n) is 6.66. The molecule has 0 aliphatic rings. The Hall–Kier alpha value is -3.66. The van der Waals surface area contributed by atoms with Crippen LogP contribution in [0.4, 0.5) is 15.2 Å². The van der Waals surface area contributed by atoms with E-state index in [0.29, 0.717) is 27.7 Å². The molecule has 0 radical (unpaired) electrons. The molecule has 1 heterocycles. The Bertz CT molecular complexity index is 1350. The predicted octanol–water partition coefficient (Wildman–Crippen LogP) is 5.35. The summed E-state index contributed by atoms with van der Waals surface area (Å²) in [6, 6.07) is 9.08. The van der Waals surface area contributed by atoms with Gasteiger partial charge in [-0.1, -0.05) is 29.4 Å². The van der Waals surface area contributed by atoms with Gasteiger partial charge < -0.3 is 4.74 Å². The molecule has 0 fully saturated rings. The molecule has 1 N–H and O–H groups in total. The molecule has 0 saturated carbocycles. The van der Waals surface area contributed by atoms with Gasteiger partial charge in [0.25, 0.3) is 10.0 Å². The molecule has 1 aromatic heterocycles. The van der Waals surface area contributed by atoms with Crippen LogP contribution in [0.2, 0.25) is 0 Å². The van der Waals surface area contributed by atoms with Gasteiger partial charge in [-0.25, -0.2) is 22.8 Å². The standard InChI is InChI=1S/C22H20FN3O3S2.C2H2/c1-6-14(3)24-22-25-15(4)21(30-22)16-10-11-18(29-5)19(12-16)31(27,28)26-20-13(2)8-7-9-17(20)23;1-2/h1,7-12,26H,2-5H3;1-2H/b24-14-;. The lowest BCUT2D eigenvalue weighted by Gasteiger charge is -2.14. The molecule has 33 heavy (non-hydrogen) atoms. The summed E-state index contributed by atoms with van der Waals surface area (Å²) < 4.78 is 48.1. The minimum atomic E-state index is -4.15. The van der Waals surface area contributed by atoms with E-state index in [-0.39, 0.29) is 16.3 Å². The number of nitrogens with one attached hydrogen (secondary N) is 1. The van der Waals surface area contributed by atoms with Crippen molar-refractivity contribution < 1.29 is 17.5 Å². The molecule has 0 aliphatic heterocycles. The number of benzene rings is 2. The smallest absolute Gasteiger partial charge is 0.265 e. The molecule has 170 valence electrons. The van der Waals surface area contributed by atoms with Gasteiger partial charge in [-0.15, -0.1) is 19.3 Å². The van der Waals surface area contributed by atoms with Crippen molar-refractivity contribution in [1.82, 2.24) is 4.98 Å². The number of halogens is 1. The third kappa shape index (κ3) is 5.78. The number of aromatic nitrogens is 1. The van der Waals surface area contributed by atoms with Gasteiger partial charge in [0.05, 0.1) is 29.1 Å². The zero-order chi connectivity index (χ0) is 24.8. The summed E-state index contributed by atoms with van der Waals surface area (Å²) in [4.78, 5) is 9.27. The Morgan fingerprint density at radius 3 is 2.55 bits per heavy atom. The summed E-state index contributed by atoms with van der Waals surface area (Å²) in [6.07, 6.45) is 13.3. The van der Waals surface area contributed by atoms with Crippen LogP contribution in [0, 0.1) is 44.9 Å². The van der Waals surface area contributed by atoms with Crippen LogP contribution in [0.15, 0.2) is 46.3 Å². The number of anilines is 1. The molecule has 0 aliphatic carbocycles. The molecular formula is C24H22FN3O3S2. The quantitative estimate of drug-likeness (QED) is 0.379. The minimum Gasteiger partial charge on any atom is -0.495 e. The molecule has 2 aromatic carbocycles. The second-order valence-corrected chi connectivity index (χ2v) is 9.28. The van der Waals surface area contributed by atoms with Crippen LogP contribution in [0.25, 0.3) is 10.4 Å². The second kappa shape index (κ2) is 10.8. The summed E-state index contributed by atoms with van der Waals surface area (Å²) in [5, 5.41) is 0.475. The van der Waals surface area contributed by atoms with E-state index in [2.05, 4.69) is 33.5 Å². The Morgan fingerprint density at radius 2 is 1.94 bits per heavy atom. The third-order valence-corrected chi connectivity index (χ3v) is 6.90. The van der Waals surface area contributed by atoms with E-state index in [0.717, 1.165) is 4.88 Å². The first-order chi connectivity index (χ1) is 15.7. The highest BCUT2D eigenvalue weighted by Gasteiger charge is 2.24. The maximum absolute atomic E-state index is 14.2. The fourth-order valence-electron chi connectivity index (χ4n) is 2.85. The number of hydrogen-bond acceptors (Lipinski definition) is 6. The van der Waals surface area contributed by atoms with E-state index in [1.807, 2.05) is 0 Å². The van der Waals surface area contributed by atoms with Crippen molar-refractivity contribution in [2.24, 2.45) is 4.99 Å². The van der Waals surface area contributed by atoms with Crippen molar-refractivity contribution in [3.05, 3.63) is 53.5 Å². The molecule has 3 rings (SSSR count). The summed E-state index contributed by atoms with van der Waals surface area (Å²) in [5.41, 5.74) is 2.14. The lowest BCUT2D eigenvalue weighted by Crippen LogP contribution is -2.16. The first kappa shape index (κ1) is 25.6. The molecular weight excluding hydrogens is 461 g/mol. The van der Waals surface area contributed by atoms with E-state index in [1.165, 1.54) is 36.6 Å². The highest BCUT2D eigenvalue weighted by Crippen LogP contribution is 2.38. The number of sulfonamides is 1. The number of terminal acetylenes is 2. The summed E-state index contributed by atoms with van der Waals surface area (Å²) >= 11 is 1.29. The van der Waals surface area contributed by atoms with Crippen LogP contribution in [0.1, 0.15) is 18.2 Å². The molecule has 0 atom stereocenters. The lowest BCUT2D eigenvalue weighted by molar-refractivity contribution is 0.403. The zero-order valence-electron chi connectivity index (χ0n) is 18.5. The van der Waals surface area contributed by atoms with Gasteiger partial charge in [-0.05, 0) is 56.2 Å². The fraction of sp³-hybridized carbons (Fsp3) is 0.167. The maximum Gasteiger partial charge on any atom is 0.265 e. The number of thiazole rings is 1. The highest BCUT2D eigenvalue weighted by atomic mass is 32.2. The highest BCUT2D eigenvalue weighted by molar-refractivity contribution is 7.92. The van der Waals surface area contributed by atoms with Crippen LogP contribution >= 0.6 is 11.3 Å². The van der Waals surface area contributed by atoms with Gasteiger partial charge in [-0.2, -0.15) is 0 Å². The largest absolute Gasteiger partial charge is 0.495 e. The minimum absolute atomic E-state index is 0.106. The van der Waals surface area contributed by atoms with Gasteiger partial charge >= 0.3 is 0 Å². The number of ether oxygens (including phenoxy) is 1. The predicted molar refractivity (Wildman–Crippen MR) is 132 cm³/mol. The van der Waals surface area contributed by atoms with E-state index in [4.69, 9.17) is 11.2 Å². The van der Waals surface area contributed by atoms with Crippen molar-refractivity contribution in [2.45, 2.75) is 25.7 Å². The molecule has 0 bridgehead atoms. The first-order valence-corrected chi connectivity index (χ1v) is 11.7. The van der Waals surface area contributed by atoms with Crippen molar-refractivity contribution >= 4 is 37.9 Å². The van der Waals surface area contributed by atoms with Crippen molar-refractivity contribution in [1.29, 1.82) is 0 Å². The Labute approximate surface area is 197 Å². The van der Waals surface area contributed by atoms with E-state index in [9.17, 15) is 12.8 Å². The summed E-state index contributed by atoms with van der Waals surface area (Å²) in [5.74, 6) is 1.91. The Balaban J connectivity index is 0.00000187. The number of hydrogen-bond donors (Lipinski definition) is 1. The zero-order valence-corrected chi connectivity index (χ0v) is 20.1. The first-order valence-electron chi connectivity index (χ1n) is 9.45. The maximum atomic E-state index is 14.2. The van der Waals surface area contributed by atoms with Gasteiger partial charge in [0.2, 0.25) is 5.13 Å². The van der Waals surface area contributed by atoms with Crippen molar-refractivity contribution in [3.63, 3.8) is 0 Å². The topological polar surface area (TPSA) is 80.7 Å². The van der Waals surface area contributed by atoms with E-state index >= 15 is 0 Å². The summed E-state index contributed by atoms with van der Waals surface area (Å²) in [7, 11) is -2.77. The van der Waals surface area contributed by atoms with Crippen molar-refractivity contribution in [3.8, 4) is 41.4 Å². The number of aryl methyl sites for hydroxylation is 2. The monoisotopic (exact) mass is 483 g/mol. The number of rotatable bonds is 6. The average Bonchev–Trinajstić information content (AvgIpc) is 3.17. The number of para-hydroxylation sites is 1. The van der Waals surface area contributed by atoms with Gasteiger partial charge in [0.1, 0.15) is 16.5 Å². The third-order valence-electron chi connectivity index (χ3n) is 4.43. The molecule has 3 aromatic rings. The van der Waals surface area contributed by atoms with Gasteiger partial charge in [-0.3, -0.25) is 4.72 Å². The normalized spacial score (nSPS) is 11.2. The molecule has 0 amide bonds. The molecule has 0 saturated heterocycles. The number of methoxy groups -OCH3 is 1.